The van der Waals surface area contributed by atoms with Gasteiger partial charge in [0, 0.05) is 6.20 Å². The molecule has 2 unspecified atom stereocenters. The quantitative estimate of drug-likeness (QED) is 0.876. The molecule has 17 heavy (non-hydrogen) atoms. The third kappa shape index (κ3) is 2.34. The summed E-state index contributed by atoms with van der Waals surface area (Å²) in [5.41, 5.74) is 1.70. The zero-order valence-corrected chi connectivity index (χ0v) is 10.1. The molecule has 5 heteroatoms. The van der Waals surface area contributed by atoms with Crippen molar-refractivity contribution in [3.8, 4) is 11.5 Å². The normalized spacial score (nSPS) is 14.6. The van der Waals surface area contributed by atoms with Gasteiger partial charge in [0.2, 0.25) is 11.7 Å². The largest absolute Gasteiger partial charge is 0.393 e. The molecule has 2 aromatic heterocycles. The fourth-order valence-electron chi connectivity index (χ4n) is 1.44. The van der Waals surface area contributed by atoms with Crippen molar-refractivity contribution >= 4 is 0 Å². The van der Waals surface area contributed by atoms with E-state index in [-0.39, 0.29) is 5.92 Å². The van der Waals surface area contributed by atoms with Crippen LogP contribution in [0.4, 0.5) is 0 Å². The average Bonchev–Trinajstić information content (AvgIpc) is 2.77. The number of hydrogen-bond donors (Lipinski definition) is 1. The van der Waals surface area contributed by atoms with Gasteiger partial charge in [0.25, 0.3) is 0 Å². The molecule has 0 saturated heterocycles. The highest BCUT2D eigenvalue weighted by Crippen LogP contribution is 2.22. The van der Waals surface area contributed by atoms with Crippen molar-refractivity contribution in [2.24, 2.45) is 0 Å². The summed E-state index contributed by atoms with van der Waals surface area (Å²) < 4.78 is 5.14. The summed E-state index contributed by atoms with van der Waals surface area (Å²) in [6, 6.07) is 3.80. The third-order valence-electron chi connectivity index (χ3n) is 2.78. The molecule has 2 rings (SSSR count). The second-order valence-corrected chi connectivity index (χ2v) is 4.15. The first-order valence-corrected chi connectivity index (χ1v) is 5.53. The number of hydrogen-bond acceptors (Lipinski definition) is 5. The minimum Gasteiger partial charge on any atom is -0.393 e. The van der Waals surface area contributed by atoms with E-state index in [1.807, 2.05) is 26.0 Å². The highest BCUT2D eigenvalue weighted by Gasteiger charge is 2.20. The Morgan fingerprint density at radius 2 is 2.12 bits per heavy atom. The summed E-state index contributed by atoms with van der Waals surface area (Å²) in [7, 11) is 0. The lowest BCUT2D eigenvalue weighted by atomic mass is 10.1. The molecule has 0 radical (unpaired) electrons. The summed E-state index contributed by atoms with van der Waals surface area (Å²) in [6.45, 7) is 5.48. The Hall–Kier alpha value is -1.75. The molecule has 5 nitrogen and oxygen atoms in total. The van der Waals surface area contributed by atoms with Crippen molar-refractivity contribution in [2.45, 2.75) is 32.8 Å². The van der Waals surface area contributed by atoms with Gasteiger partial charge in [0.05, 0.1) is 12.0 Å². The molecule has 2 atom stereocenters. The van der Waals surface area contributed by atoms with Crippen molar-refractivity contribution < 1.29 is 9.63 Å². The van der Waals surface area contributed by atoms with Gasteiger partial charge in [0.15, 0.2) is 0 Å². The number of aliphatic hydroxyl groups excluding tert-OH is 1. The summed E-state index contributed by atoms with van der Waals surface area (Å²) in [4.78, 5) is 8.48. The first-order chi connectivity index (χ1) is 8.09. The molecule has 0 saturated carbocycles. The molecule has 2 aromatic rings. The van der Waals surface area contributed by atoms with Gasteiger partial charge in [-0.05, 0) is 25.5 Å². The van der Waals surface area contributed by atoms with E-state index in [9.17, 15) is 5.11 Å². The molecule has 2 heterocycles. The van der Waals surface area contributed by atoms with Gasteiger partial charge in [-0.2, -0.15) is 4.98 Å². The number of rotatable bonds is 3. The van der Waals surface area contributed by atoms with Crippen LogP contribution in [-0.2, 0) is 0 Å². The van der Waals surface area contributed by atoms with Gasteiger partial charge in [0.1, 0.15) is 5.69 Å². The molecule has 0 aliphatic carbocycles. The van der Waals surface area contributed by atoms with Gasteiger partial charge in [-0.15, -0.1) is 0 Å². The second kappa shape index (κ2) is 4.63. The van der Waals surface area contributed by atoms with E-state index in [0.717, 1.165) is 5.56 Å². The van der Waals surface area contributed by atoms with Crippen molar-refractivity contribution in [3.05, 3.63) is 29.8 Å². The fourth-order valence-corrected chi connectivity index (χ4v) is 1.44. The zero-order valence-electron chi connectivity index (χ0n) is 10.1. The predicted octanol–water partition coefficient (Wildman–Crippen LogP) is 1.92. The van der Waals surface area contributed by atoms with Crippen molar-refractivity contribution in [2.75, 3.05) is 0 Å². The molecule has 0 amide bonds. The van der Waals surface area contributed by atoms with E-state index in [1.165, 1.54) is 0 Å². The molecule has 90 valence electrons. The maximum Gasteiger partial charge on any atom is 0.232 e. The predicted molar refractivity (Wildman–Crippen MR) is 62.4 cm³/mol. The van der Waals surface area contributed by atoms with Gasteiger partial charge >= 0.3 is 0 Å². The highest BCUT2D eigenvalue weighted by atomic mass is 16.5. The van der Waals surface area contributed by atoms with E-state index in [4.69, 9.17) is 4.52 Å². The van der Waals surface area contributed by atoms with Gasteiger partial charge < -0.3 is 9.63 Å². The standard InChI is InChI=1S/C12H15N3O2/c1-7-5-4-6-13-10(7)11-14-12(17-15-11)8(2)9(3)16/h4-6,8-9,16H,1-3H3. The van der Waals surface area contributed by atoms with Gasteiger partial charge in [-0.25, -0.2) is 0 Å². The van der Waals surface area contributed by atoms with E-state index in [2.05, 4.69) is 15.1 Å². The monoisotopic (exact) mass is 233 g/mol. The first-order valence-electron chi connectivity index (χ1n) is 5.53. The van der Waals surface area contributed by atoms with Gasteiger partial charge in [-0.3, -0.25) is 4.98 Å². The number of pyridine rings is 1. The van der Waals surface area contributed by atoms with Crippen LogP contribution >= 0.6 is 0 Å². The lowest BCUT2D eigenvalue weighted by Gasteiger charge is -2.08. The van der Waals surface area contributed by atoms with E-state index < -0.39 is 6.10 Å². The Morgan fingerprint density at radius 1 is 1.35 bits per heavy atom. The van der Waals surface area contributed by atoms with Crippen LogP contribution in [0.3, 0.4) is 0 Å². The minimum absolute atomic E-state index is 0.180. The first kappa shape index (κ1) is 11.7. The van der Waals surface area contributed by atoms with E-state index in [0.29, 0.717) is 17.4 Å². The summed E-state index contributed by atoms with van der Waals surface area (Å²) in [5, 5.41) is 13.4. The van der Waals surface area contributed by atoms with Gasteiger partial charge in [-0.1, -0.05) is 18.1 Å². The lowest BCUT2D eigenvalue weighted by Crippen LogP contribution is -2.11. The van der Waals surface area contributed by atoms with E-state index >= 15 is 0 Å². The van der Waals surface area contributed by atoms with Crippen LogP contribution in [0, 0.1) is 6.92 Å². The van der Waals surface area contributed by atoms with E-state index in [1.54, 1.807) is 13.1 Å². The Kier molecular flexibility index (Phi) is 3.19. The van der Waals surface area contributed by atoms with Crippen LogP contribution in [0.1, 0.15) is 31.2 Å². The molecular weight excluding hydrogens is 218 g/mol. The molecule has 0 aliphatic rings. The third-order valence-corrected chi connectivity index (χ3v) is 2.78. The van der Waals surface area contributed by atoms with Crippen molar-refractivity contribution in [3.63, 3.8) is 0 Å². The molecule has 0 bridgehead atoms. The summed E-state index contributed by atoms with van der Waals surface area (Å²) >= 11 is 0. The maximum atomic E-state index is 9.47. The van der Waals surface area contributed by atoms with Crippen molar-refractivity contribution in [1.29, 1.82) is 0 Å². The number of aromatic nitrogens is 3. The minimum atomic E-state index is -0.520. The molecule has 1 N–H and O–H groups in total. The fraction of sp³-hybridized carbons (Fsp3) is 0.417. The van der Waals surface area contributed by atoms with Crippen LogP contribution in [0.25, 0.3) is 11.5 Å². The molecule has 0 aromatic carbocycles. The van der Waals surface area contributed by atoms with Crippen LogP contribution in [0.2, 0.25) is 0 Å². The Bertz CT molecular complexity index is 508. The van der Waals surface area contributed by atoms with Crippen LogP contribution in [0.15, 0.2) is 22.9 Å². The lowest BCUT2D eigenvalue weighted by molar-refractivity contribution is 0.151. The smallest absolute Gasteiger partial charge is 0.232 e. The summed E-state index contributed by atoms with van der Waals surface area (Å²) in [5.74, 6) is 0.714. The molecular formula is C12H15N3O2. The highest BCUT2D eigenvalue weighted by molar-refractivity contribution is 5.53. The average molecular weight is 233 g/mol. The number of nitrogens with zero attached hydrogens (tertiary/aromatic N) is 3. The number of aryl methyl sites for hydroxylation is 1. The molecule has 0 aliphatic heterocycles. The molecule has 0 spiro atoms. The zero-order chi connectivity index (χ0) is 12.4. The Labute approximate surface area is 99.5 Å². The second-order valence-electron chi connectivity index (χ2n) is 4.15. The maximum absolute atomic E-state index is 9.47. The van der Waals surface area contributed by atoms with Crippen molar-refractivity contribution in [1.82, 2.24) is 15.1 Å². The summed E-state index contributed by atoms with van der Waals surface area (Å²) in [6.07, 6.45) is 1.17. The van der Waals surface area contributed by atoms with Crippen LogP contribution in [-0.4, -0.2) is 26.3 Å². The Morgan fingerprint density at radius 3 is 2.76 bits per heavy atom. The van der Waals surface area contributed by atoms with Crippen LogP contribution < -0.4 is 0 Å². The Balaban J connectivity index is 2.34. The topological polar surface area (TPSA) is 72.0 Å². The SMILES string of the molecule is Cc1cccnc1-c1noc(C(C)C(C)O)n1. The number of aliphatic hydroxyl groups is 1. The van der Waals surface area contributed by atoms with Crippen LogP contribution in [0.5, 0.6) is 0 Å². The molecule has 0 fully saturated rings.